The summed E-state index contributed by atoms with van der Waals surface area (Å²) in [5, 5.41) is 16.6. The SMILES string of the molecule is Cc1nn(Cn2ccc(C(=O)Nc3ccn(Cc4ccc(F)cc4Cl)n3)n2)c(C)c1Cl. The molecule has 160 valence electrons. The summed E-state index contributed by atoms with van der Waals surface area (Å²) >= 11 is 12.2. The van der Waals surface area contributed by atoms with Crippen LogP contribution in [0.25, 0.3) is 0 Å². The fourth-order valence-electron chi connectivity index (χ4n) is 3.03. The summed E-state index contributed by atoms with van der Waals surface area (Å²) in [6.07, 6.45) is 3.38. The van der Waals surface area contributed by atoms with Crippen molar-refractivity contribution in [2.24, 2.45) is 0 Å². The van der Waals surface area contributed by atoms with Crippen molar-refractivity contribution in [2.75, 3.05) is 5.32 Å². The second-order valence-electron chi connectivity index (χ2n) is 6.95. The summed E-state index contributed by atoms with van der Waals surface area (Å²) in [6.45, 7) is 4.38. The second kappa shape index (κ2) is 8.52. The van der Waals surface area contributed by atoms with Crippen LogP contribution in [0.2, 0.25) is 10.0 Å². The number of carbonyl (C=O) groups is 1. The van der Waals surface area contributed by atoms with E-state index in [2.05, 4.69) is 20.6 Å². The summed E-state index contributed by atoms with van der Waals surface area (Å²) in [5.74, 6) is -0.430. The van der Waals surface area contributed by atoms with Gasteiger partial charge < -0.3 is 5.32 Å². The first-order valence-corrected chi connectivity index (χ1v) is 10.1. The van der Waals surface area contributed by atoms with E-state index in [-0.39, 0.29) is 5.69 Å². The van der Waals surface area contributed by atoms with Crippen molar-refractivity contribution in [3.63, 3.8) is 0 Å². The predicted molar refractivity (Wildman–Crippen MR) is 115 cm³/mol. The van der Waals surface area contributed by atoms with E-state index in [0.29, 0.717) is 34.6 Å². The van der Waals surface area contributed by atoms with Crippen molar-refractivity contribution in [2.45, 2.75) is 27.1 Å². The lowest BCUT2D eigenvalue weighted by Crippen LogP contribution is -2.16. The zero-order valence-corrected chi connectivity index (χ0v) is 18.2. The molecule has 1 aromatic carbocycles. The number of benzene rings is 1. The van der Waals surface area contributed by atoms with Crippen LogP contribution in [0.3, 0.4) is 0 Å². The Balaban J connectivity index is 1.40. The number of rotatable bonds is 6. The summed E-state index contributed by atoms with van der Waals surface area (Å²) in [6, 6.07) is 7.45. The van der Waals surface area contributed by atoms with Gasteiger partial charge in [0, 0.05) is 23.5 Å². The zero-order chi connectivity index (χ0) is 22.1. The third-order valence-electron chi connectivity index (χ3n) is 4.68. The molecule has 11 heteroatoms. The highest BCUT2D eigenvalue weighted by Crippen LogP contribution is 2.20. The van der Waals surface area contributed by atoms with E-state index < -0.39 is 11.7 Å². The topological polar surface area (TPSA) is 82.6 Å². The van der Waals surface area contributed by atoms with Crippen molar-refractivity contribution in [3.05, 3.63) is 81.2 Å². The molecule has 0 saturated heterocycles. The van der Waals surface area contributed by atoms with Crippen LogP contribution in [-0.2, 0) is 13.2 Å². The lowest BCUT2D eigenvalue weighted by Gasteiger charge is -2.05. The molecule has 4 rings (SSSR count). The molecule has 0 aliphatic carbocycles. The first-order valence-electron chi connectivity index (χ1n) is 9.32. The molecular weight excluding hydrogens is 444 g/mol. The molecule has 0 spiro atoms. The molecule has 0 aliphatic rings. The van der Waals surface area contributed by atoms with Gasteiger partial charge in [0.1, 0.15) is 12.5 Å². The number of nitrogens with zero attached hydrogens (tertiary/aromatic N) is 6. The Morgan fingerprint density at radius 1 is 1.06 bits per heavy atom. The number of hydrogen-bond acceptors (Lipinski definition) is 4. The second-order valence-corrected chi connectivity index (χ2v) is 7.74. The van der Waals surface area contributed by atoms with Crippen molar-refractivity contribution in [1.82, 2.24) is 29.3 Å². The zero-order valence-electron chi connectivity index (χ0n) is 16.7. The molecule has 0 radical (unpaired) electrons. The summed E-state index contributed by atoms with van der Waals surface area (Å²) in [4.78, 5) is 12.5. The Hall–Kier alpha value is -3.17. The van der Waals surface area contributed by atoms with Crippen LogP contribution in [0.15, 0.2) is 42.7 Å². The molecular formula is C20H18Cl2FN7O. The normalized spacial score (nSPS) is 11.1. The minimum Gasteiger partial charge on any atom is -0.304 e. The molecule has 1 N–H and O–H groups in total. The van der Waals surface area contributed by atoms with Crippen LogP contribution in [0.5, 0.6) is 0 Å². The molecule has 0 atom stereocenters. The highest BCUT2D eigenvalue weighted by molar-refractivity contribution is 6.32. The van der Waals surface area contributed by atoms with E-state index in [0.717, 1.165) is 11.4 Å². The number of carbonyl (C=O) groups excluding carboxylic acids is 1. The molecule has 31 heavy (non-hydrogen) atoms. The largest absolute Gasteiger partial charge is 0.304 e. The van der Waals surface area contributed by atoms with Gasteiger partial charge in [0.2, 0.25) is 0 Å². The maximum Gasteiger partial charge on any atom is 0.277 e. The molecule has 0 fully saturated rings. The highest BCUT2D eigenvalue weighted by Gasteiger charge is 2.14. The standard InChI is InChI=1S/C20H18Cl2FN7O/c1-12-19(22)13(2)30(25-12)11-29-7-5-17(26-29)20(31)24-18-6-8-28(27-18)10-14-3-4-15(23)9-16(14)21/h3-9H,10-11H2,1-2H3,(H,24,27,31). The number of anilines is 1. The third-order valence-corrected chi connectivity index (χ3v) is 5.57. The highest BCUT2D eigenvalue weighted by atomic mass is 35.5. The Kier molecular flexibility index (Phi) is 5.79. The van der Waals surface area contributed by atoms with Crippen molar-refractivity contribution in [1.29, 1.82) is 0 Å². The summed E-state index contributed by atoms with van der Waals surface area (Å²) in [5.41, 5.74) is 2.52. The first-order chi connectivity index (χ1) is 14.8. The number of aromatic nitrogens is 6. The molecule has 0 unspecified atom stereocenters. The molecule has 0 saturated carbocycles. The average Bonchev–Trinajstić information content (AvgIpc) is 3.42. The maximum absolute atomic E-state index is 13.2. The van der Waals surface area contributed by atoms with Gasteiger partial charge >= 0.3 is 0 Å². The number of amides is 1. The molecule has 4 aromatic rings. The Labute approximate surface area is 187 Å². The van der Waals surface area contributed by atoms with Crippen molar-refractivity contribution < 1.29 is 9.18 Å². The van der Waals surface area contributed by atoms with Gasteiger partial charge in [-0.05, 0) is 37.6 Å². The Bertz CT molecular complexity index is 1260. The van der Waals surface area contributed by atoms with Gasteiger partial charge in [0.05, 0.1) is 23.0 Å². The molecule has 3 heterocycles. The van der Waals surface area contributed by atoms with Gasteiger partial charge in [0.15, 0.2) is 11.5 Å². The van der Waals surface area contributed by atoms with Crippen LogP contribution in [0.4, 0.5) is 10.2 Å². The van der Waals surface area contributed by atoms with E-state index in [9.17, 15) is 9.18 Å². The van der Waals surface area contributed by atoms with E-state index in [1.165, 1.54) is 12.1 Å². The van der Waals surface area contributed by atoms with E-state index in [1.807, 2.05) is 13.8 Å². The van der Waals surface area contributed by atoms with E-state index in [4.69, 9.17) is 23.2 Å². The van der Waals surface area contributed by atoms with Gasteiger partial charge in [-0.25, -0.2) is 9.07 Å². The van der Waals surface area contributed by atoms with Crippen LogP contribution in [0, 0.1) is 19.7 Å². The van der Waals surface area contributed by atoms with Gasteiger partial charge in [-0.1, -0.05) is 29.3 Å². The lowest BCUT2D eigenvalue weighted by molar-refractivity contribution is 0.102. The number of hydrogen-bond donors (Lipinski definition) is 1. The van der Waals surface area contributed by atoms with Crippen molar-refractivity contribution >= 4 is 34.9 Å². The van der Waals surface area contributed by atoms with Crippen LogP contribution in [0.1, 0.15) is 27.4 Å². The minimum absolute atomic E-state index is 0.240. The Morgan fingerprint density at radius 2 is 1.84 bits per heavy atom. The van der Waals surface area contributed by atoms with E-state index in [1.54, 1.807) is 44.6 Å². The van der Waals surface area contributed by atoms with Gasteiger partial charge in [-0.15, -0.1) is 0 Å². The van der Waals surface area contributed by atoms with Gasteiger partial charge in [-0.2, -0.15) is 15.3 Å². The fraction of sp³-hybridized carbons (Fsp3) is 0.200. The summed E-state index contributed by atoms with van der Waals surface area (Å²) < 4.78 is 18.1. The van der Waals surface area contributed by atoms with Gasteiger partial charge in [0.25, 0.3) is 5.91 Å². The minimum atomic E-state index is -0.400. The smallest absolute Gasteiger partial charge is 0.277 e. The predicted octanol–water partition coefficient (Wildman–Crippen LogP) is 4.15. The van der Waals surface area contributed by atoms with Crippen LogP contribution >= 0.6 is 23.2 Å². The molecule has 1 amide bonds. The molecule has 0 bridgehead atoms. The number of nitrogens with one attached hydrogen (secondary N) is 1. The number of aryl methyl sites for hydroxylation is 1. The average molecular weight is 462 g/mol. The number of halogens is 3. The summed E-state index contributed by atoms with van der Waals surface area (Å²) in [7, 11) is 0. The fourth-order valence-corrected chi connectivity index (χ4v) is 3.40. The lowest BCUT2D eigenvalue weighted by atomic mass is 10.2. The molecule has 3 aromatic heterocycles. The monoisotopic (exact) mass is 461 g/mol. The quantitative estimate of drug-likeness (QED) is 0.467. The molecule has 8 nitrogen and oxygen atoms in total. The van der Waals surface area contributed by atoms with Crippen molar-refractivity contribution in [3.8, 4) is 0 Å². The molecule has 0 aliphatic heterocycles. The Morgan fingerprint density at radius 3 is 2.55 bits per heavy atom. The van der Waals surface area contributed by atoms with Gasteiger partial charge in [-0.3, -0.25) is 14.2 Å². The van der Waals surface area contributed by atoms with Crippen LogP contribution < -0.4 is 5.32 Å². The maximum atomic E-state index is 13.2. The van der Waals surface area contributed by atoms with E-state index >= 15 is 0 Å². The third kappa shape index (κ3) is 4.62. The van der Waals surface area contributed by atoms with Crippen LogP contribution in [-0.4, -0.2) is 35.2 Å². The first kappa shape index (κ1) is 21.1.